The molecule has 1 rings (SSSR count). The van der Waals surface area contributed by atoms with Crippen molar-refractivity contribution in [2.75, 3.05) is 152 Å². The standard InChI is InChI=1S/C53H92N6O21/c1-40(2)49(52(68)69)58-51(67)42(14-17-48(65)80-53(3,4)5)57-43(60)12-9-19-55-50(66)41(56-44(61)13-10-20-59-46(63)15-16-47(59)64)11-7-8-18-54-45(62)39-79-38-37-78-36-35-77-34-33-76-32-31-75-30-29-74-28-27-73-26-25-72-24-23-71-22-21-70-6/h15-16,40-42,49H,7-14,17-39H2,1-6H3,(H,54,62)(H,55,66)(H,56,61)(H,57,60)(H,58,67)(H,68,69)/t41-,42-,49-/m0/s1. The van der Waals surface area contributed by atoms with Gasteiger partial charge in [0.2, 0.25) is 29.5 Å². The first kappa shape index (κ1) is 72.8. The lowest BCUT2D eigenvalue weighted by molar-refractivity contribution is -0.155. The quantitative estimate of drug-likeness (QED) is 0.0265. The minimum absolute atomic E-state index is 0.00122. The van der Waals surface area contributed by atoms with Crippen LogP contribution in [-0.4, -0.2) is 239 Å². The molecule has 3 atom stereocenters. The van der Waals surface area contributed by atoms with E-state index in [1.807, 2.05) is 0 Å². The minimum atomic E-state index is -1.26. The predicted octanol–water partition coefficient (Wildman–Crippen LogP) is -0.0128. The van der Waals surface area contributed by atoms with Gasteiger partial charge in [0, 0.05) is 58.2 Å². The summed E-state index contributed by atoms with van der Waals surface area (Å²) in [4.78, 5) is 114. The molecule has 1 heterocycles. The van der Waals surface area contributed by atoms with Crippen molar-refractivity contribution in [3.05, 3.63) is 12.2 Å². The van der Waals surface area contributed by atoms with E-state index in [4.69, 9.17) is 52.1 Å². The zero-order valence-electron chi connectivity index (χ0n) is 47.9. The van der Waals surface area contributed by atoms with Crippen LogP contribution in [-0.2, 0) is 95.3 Å². The Labute approximate surface area is 470 Å². The lowest BCUT2D eigenvalue weighted by Gasteiger charge is -2.24. The maximum atomic E-state index is 13.4. The number of aliphatic carboxylic acids is 1. The zero-order chi connectivity index (χ0) is 59.2. The number of hydrogen-bond acceptors (Lipinski definition) is 20. The van der Waals surface area contributed by atoms with E-state index in [9.17, 15) is 48.3 Å². The number of hydrogen-bond donors (Lipinski definition) is 6. The Kier molecular flexibility index (Phi) is 42.2. The van der Waals surface area contributed by atoms with Crippen molar-refractivity contribution >= 4 is 53.3 Å². The van der Waals surface area contributed by atoms with E-state index in [0.29, 0.717) is 119 Å². The summed E-state index contributed by atoms with van der Waals surface area (Å²) in [6, 6.07) is -3.51. The van der Waals surface area contributed by atoms with E-state index < -0.39 is 77.0 Å². The van der Waals surface area contributed by atoms with E-state index in [2.05, 4.69) is 26.6 Å². The molecule has 0 unspecified atom stereocenters. The van der Waals surface area contributed by atoms with Crippen LogP contribution < -0.4 is 26.6 Å². The number of unbranched alkanes of at least 4 members (excludes halogenated alkanes) is 1. The minimum Gasteiger partial charge on any atom is -0.480 e. The second kappa shape index (κ2) is 46.4. The van der Waals surface area contributed by atoms with Crippen LogP contribution >= 0.6 is 0 Å². The van der Waals surface area contributed by atoms with Gasteiger partial charge in [-0.2, -0.15) is 0 Å². The van der Waals surface area contributed by atoms with Crippen molar-refractivity contribution in [3.8, 4) is 0 Å². The van der Waals surface area contributed by atoms with Gasteiger partial charge in [0.15, 0.2) is 0 Å². The fraction of sp³-hybridized carbons (Fsp3) is 0.792. The summed E-state index contributed by atoms with van der Waals surface area (Å²) in [5.74, 6) is -6.08. The summed E-state index contributed by atoms with van der Waals surface area (Å²) in [5.41, 5.74) is -0.791. The summed E-state index contributed by atoms with van der Waals surface area (Å²) in [6.07, 6.45) is 2.96. The fourth-order valence-electron chi connectivity index (χ4n) is 6.94. The highest BCUT2D eigenvalue weighted by Crippen LogP contribution is 2.12. The first-order chi connectivity index (χ1) is 38.3. The highest BCUT2D eigenvalue weighted by atomic mass is 16.6. The number of nitrogens with zero attached hydrogens (tertiary/aromatic N) is 1. The molecule has 6 N–H and O–H groups in total. The monoisotopic (exact) mass is 1150 g/mol. The van der Waals surface area contributed by atoms with Crippen LogP contribution in [0.1, 0.15) is 92.4 Å². The van der Waals surface area contributed by atoms with Gasteiger partial charge in [-0.3, -0.25) is 43.3 Å². The molecule has 27 heteroatoms. The van der Waals surface area contributed by atoms with Crippen LogP contribution in [0.5, 0.6) is 0 Å². The first-order valence-electron chi connectivity index (χ1n) is 27.4. The summed E-state index contributed by atoms with van der Waals surface area (Å²) >= 11 is 0. The number of nitrogens with one attached hydrogen (secondary N) is 5. The Bertz CT molecular complexity index is 1800. The largest absolute Gasteiger partial charge is 0.480 e. The van der Waals surface area contributed by atoms with Crippen LogP contribution in [0, 0.1) is 5.92 Å². The number of amides is 7. The number of carboxylic acids is 1. The van der Waals surface area contributed by atoms with Crippen molar-refractivity contribution in [1.29, 1.82) is 0 Å². The number of rotatable bonds is 52. The first-order valence-corrected chi connectivity index (χ1v) is 27.4. The van der Waals surface area contributed by atoms with Gasteiger partial charge in [-0.15, -0.1) is 0 Å². The molecule has 27 nitrogen and oxygen atoms in total. The summed E-state index contributed by atoms with van der Waals surface area (Å²) in [7, 11) is 1.63. The molecule has 0 aromatic rings. The van der Waals surface area contributed by atoms with E-state index in [-0.39, 0.29) is 90.3 Å². The SMILES string of the molecule is COCCOCCOCCOCCOCCOCCOCCOCCOCCOCC(=O)NCCCC[C@H](NC(=O)CCCN1C(=O)C=CC1=O)C(=O)NCCCC(=O)N[C@@H](CCC(=O)OC(C)(C)C)C(=O)N[C@H](C(=O)O)C(C)C. The maximum Gasteiger partial charge on any atom is 0.326 e. The van der Waals surface area contributed by atoms with Crippen molar-refractivity contribution in [3.63, 3.8) is 0 Å². The van der Waals surface area contributed by atoms with Gasteiger partial charge in [0.05, 0.1) is 119 Å². The molecule has 0 aliphatic carbocycles. The van der Waals surface area contributed by atoms with Gasteiger partial charge in [0.1, 0.15) is 30.3 Å². The average Bonchev–Trinajstić information content (AvgIpc) is 3.72. The topological polar surface area (TPSA) is 339 Å². The smallest absolute Gasteiger partial charge is 0.326 e. The third-order valence-electron chi connectivity index (χ3n) is 11.0. The number of carbonyl (C=O) groups is 9. The Hall–Kier alpha value is -5.23. The van der Waals surface area contributed by atoms with Gasteiger partial charge in [0.25, 0.3) is 11.8 Å². The second-order valence-corrected chi connectivity index (χ2v) is 19.4. The molecule has 0 saturated heterocycles. The number of carbonyl (C=O) groups excluding carboxylic acids is 8. The molecule has 1 aliphatic rings. The van der Waals surface area contributed by atoms with Crippen molar-refractivity contribution in [2.45, 2.75) is 116 Å². The van der Waals surface area contributed by atoms with Crippen LogP contribution in [0.4, 0.5) is 0 Å². The summed E-state index contributed by atoms with van der Waals surface area (Å²) in [5, 5.41) is 22.7. The van der Waals surface area contributed by atoms with E-state index in [1.165, 1.54) is 0 Å². The van der Waals surface area contributed by atoms with Crippen LogP contribution in [0.3, 0.4) is 0 Å². The number of esters is 1. The average molecular weight is 1150 g/mol. The molecule has 0 bridgehead atoms. The number of ether oxygens (including phenoxy) is 11. The van der Waals surface area contributed by atoms with Crippen LogP contribution in [0.25, 0.3) is 0 Å². The highest BCUT2D eigenvalue weighted by Gasteiger charge is 2.30. The number of imide groups is 1. The lowest BCUT2D eigenvalue weighted by Crippen LogP contribution is -2.53. The van der Waals surface area contributed by atoms with E-state index >= 15 is 0 Å². The number of carboxylic acid groups (broad SMARTS) is 1. The van der Waals surface area contributed by atoms with Crippen molar-refractivity contribution < 1.29 is 100 Å². The molecule has 0 aromatic carbocycles. The third-order valence-corrected chi connectivity index (χ3v) is 11.0. The van der Waals surface area contributed by atoms with E-state index in [0.717, 1.165) is 17.1 Å². The fourth-order valence-corrected chi connectivity index (χ4v) is 6.94. The molecule has 460 valence electrons. The van der Waals surface area contributed by atoms with Gasteiger partial charge in [-0.25, -0.2) is 4.79 Å². The summed E-state index contributed by atoms with van der Waals surface area (Å²) in [6.45, 7) is 16.0. The molecule has 0 aromatic heterocycles. The molecule has 0 fully saturated rings. The summed E-state index contributed by atoms with van der Waals surface area (Å²) < 4.78 is 59.2. The van der Waals surface area contributed by atoms with Crippen molar-refractivity contribution in [2.24, 2.45) is 5.92 Å². The van der Waals surface area contributed by atoms with E-state index in [1.54, 1.807) is 41.7 Å². The van der Waals surface area contributed by atoms with Crippen LogP contribution in [0.15, 0.2) is 12.2 Å². The molecular weight excluding hydrogens is 1060 g/mol. The Morgan fingerprint density at radius 1 is 0.512 bits per heavy atom. The van der Waals surface area contributed by atoms with Gasteiger partial charge in [-0.1, -0.05) is 13.8 Å². The molecule has 0 spiro atoms. The van der Waals surface area contributed by atoms with Gasteiger partial charge in [-0.05, 0) is 65.2 Å². The maximum absolute atomic E-state index is 13.4. The van der Waals surface area contributed by atoms with Crippen LogP contribution in [0.2, 0.25) is 0 Å². The Morgan fingerprint density at radius 2 is 0.938 bits per heavy atom. The third kappa shape index (κ3) is 40.0. The molecule has 0 radical (unpaired) electrons. The molecular formula is C53H92N6O21. The Morgan fingerprint density at radius 3 is 1.38 bits per heavy atom. The highest BCUT2D eigenvalue weighted by molar-refractivity contribution is 6.12. The number of methoxy groups -OCH3 is 1. The molecule has 0 saturated carbocycles. The predicted molar refractivity (Wildman–Crippen MR) is 287 cm³/mol. The van der Waals surface area contributed by atoms with Gasteiger partial charge < -0.3 is 83.8 Å². The van der Waals surface area contributed by atoms with Crippen molar-refractivity contribution in [1.82, 2.24) is 31.5 Å². The zero-order valence-corrected chi connectivity index (χ0v) is 47.9. The Balaban J connectivity index is 2.35. The van der Waals surface area contributed by atoms with Gasteiger partial charge >= 0.3 is 11.9 Å². The normalized spacial score (nSPS) is 13.5. The molecule has 7 amide bonds. The second-order valence-electron chi connectivity index (χ2n) is 19.4. The lowest BCUT2D eigenvalue weighted by atomic mass is 10.0. The molecule has 80 heavy (non-hydrogen) atoms. The molecule has 1 aliphatic heterocycles.